The number of fused-ring (bicyclic) bond motifs is 2. The van der Waals surface area contributed by atoms with E-state index in [1.165, 1.54) is 21.8 Å². The molecule has 10 nitrogen and oxygen atoms in total. The fourth-order valence-electron chi connectivity index (χ4n) is 3.95. The first-order valence-corrected chi connectivity index (χ1v) is 11.3. The van der Waals surface area contributed by atoms with Gasteiger partial charge in [0.05, 0.1) is 18.1 Å². The maximum Gasteiger partial charge on any atom is 0.264 e. The van der Waals surface area contributed by atoms with Crippen LogP contribution in [0.1, 0.15) is 11.6 Å². The first-order chi connectivity index (χ1) is 17.4. The Balaban J connectivity index is 1.42. The van der Waals surface area contributed by atoms with Crippen molar-refractivity contribution in [1.82, 2.24) is 29.6 Å². The Morgan fingerprint density at radius 3 is 2.72 bits per heavy atom. The number of amides is 2. The zero-order chi connectivity index (χ0) is 25.2. The van der Waals surface area contributed by atoms with Crippen molar-refractivity contribution in [3.63, 3.8) is 0 Å². The van der Waals surface area contributed by atoms with Gasteiger partial charge in [0.1, 0.15) is 24.3 Å². The first kappa shape index (κ1) is 23.2. The first-order valence-electron chi connectivity index (χ1n) is 11.0. The van der Waals surface area contributed by atoms with E-state index >= 15 is 0 Å². The van der Waals surface area contributed by atoms with Crippen molar-refractivity contribution in [3.05, 3.63) is 94.4 Å². The lowest BCUT2D eigenvalue weighted by atomic mass is 10.1. The number of nitrogens with one attached hydrogen (secondary N) is 2. The number of pyridine rings is 1. The molecule has 5 rings (SSSR count). The van der Waals surface area contributed by atoms with Gasteiger partial charge in [0.2, 0.25) is 5.91 Å². The third-order valence-electron chi connectivity index (χ3n) is 5.71. The largest absolute Gasteiger partial charge is 0.339 e. The summed E-state index contributed by atoms with van der Waals surface area (Å²) in [6, 6.07) is 13.1. The van der Waals surface area contributed by atoms with Crippen LogP contribution in [0.3, 0.4) is 0 Å². The number of hydrogen-bond acceptors (Lipinski definition) is 6. The number of aryl methyl sites for hydroxylation is 1. The number of benzene rings is 2. The molecule has 0 aliphatic carbocycles. The summed E-state index contributed by atoms with van der Waals surface area (Å²) in [7, 11) is 1.67. The maximum atomic E-state index is 13.4. The molecular formula is C25H20ClN7O3. The number of aromatic nitrogens is 5. The lowest BCUT2D eigenvalue weighted by molar-refractivity contribution is -0.127. The summed E-state index contributed by atoms with van der Waals surface area (Å²) in [5.74, 6) is -1.05. The molecule has 0 radical (unpaired) electrons. The van der Waals surface area contributed by atoms with Crippen LogP contribution in [0.25, 0.3) is 21.8 Å². The van der Waals surface area contributed by atoms with E-state index in [9.17, 15) is 14.4 Å². The van der Waals surface area contributed by atoms with Crippen LogP contribution in [0.2, 0.25) is 5.02 Å². The molecule has 1 atom stereocenters. The monoisotopic (exact) mass is 501 g/mol. The van der Waals surface area contributed by atoms with Crippen LogP contribution in [-0.4, -0.2) is 36.1 Å². The number of carbonyl (C=O) groups excluding carboxylic acids is 2. The van der Waals surface area contributed by atoms with Gasteiger partial charge in [-0.05, 0) is 17.7 Å². The summed E-state index contributed by atoms with van der Waals surface area (Å²) in [6.07, 6.45) is 5.93. The average molecular weight is 502 g/mol. The summed E-state index contributed by atoms with van der Waals surface area (Å²) in [5.41, 5.74) is 0.988. The smallest absolute Gasteiger partial charge is 0.264 e. The highest BCUT2D eigenvalue weighted by Gasteiger charge is 2.24. The van der Waals surface area contributed by atoms with Gasteiger partial charge in [0.25, 0.3) is 11.5 Å². The molecule has 11 heteroatoms. The zero-order valence-electron chi connectivity index (χ0n) is 19.1. The average Bonchev–Trinajstić information content (AvgIpc) is 3.25. The molecule has 0 aliphatic rings. The van der Waals surface area contributed by atoms with Crippen molar-refractivity contribution in [1.29, 1.82) is 0 Å². The number of halogens is 1. The lowest BCUT2D eigenvalue weighted by Crippen LogP contribution is -2.40. The van der Waals surface area contributed by atoms with Crippen LogP contribution in [-0.2, 0) is 23.2 Å². The normalized spacial score (nSPS) is 11.9. The van der Waals surface area contributed by atoms with Crippen LogP contribution in [0.15, 0.2) is 78.2 Å². The van der Waals surface area contributed by atoms with E-state index in [-0.39, 0.29) is 6.54 Å². The molecule has 0 spiro atoms. The molecule has 0 saturated heterocycles. The number of anilines is 1. The highest BCUT2D eigenvalue weighted by molar-refractivity contribution is 6.30. The fraction of sp³-hybridized carbons (Fsp3) is 0.120. The van der Waals surface area contributed by atoms with Gasteiger partial charge in [-0.25, -0.2) is 4.98 Å². The number of hydrogen-bond donors (Lipinski definition) is 2. The molecule has 180 valence electrons. The molecule has 0 saturated carbocycles. The topological polar surface area (TPSA) is 124 Å². The van der Waals surface area contributed by atoms with Crippen molar-refractivity contribution < 1.29 is 9.59 Å². The molecule has 0 aliphatic heterocycles. The second-order valence-electron chi connectivity index (χ2n) is 8.14. The van der Waals surface area contributed by atoms with Gasteiger partial charge < -0.3 is 10.6 Å². The minimum absolute atomic E-state index is 0.292. The molecule has 0 bridgehead atoms. The Bertz CT molecular complexity index is 1670. The Morgan fingerprint density at radius 1 is 1.06 bits per heavy atom. The molecule has 1 unspecified atom stereocenters. The minimum atomic E-state index is -1.08. The molecule has 2 aromatic carbocycles. The molecule has 5 aromatic rings. The zero-order valence-corrected chi connectivity index (χ0v) is 19.8. The quantitative estimate of drug-likeness (QED) is 0.369. The van der Waals surface area contributed by atoms with E-state index in [0.717, 1.165) is 10.8 Å². The van der Waals surface area contributed by atoms with Gasteiger partial charge in [-0.3, -0.25) is 28.6 Å². The summed E-state index contributed by atoms with van der Waals surface area (Å²) >= 11 is 6.16. The number of carbonyl (C=O) groups is 2. The van der Waals surface area contributed by atoms with E-state index in [0.29, 0.717) is 27.3 Å². The Morgan fingerprint density at radius 2 is 1.89 bits per heavy atom. The Labute approximate surface area is 209 Å². The Hall–Kier alpha value is -4.57. The standard InChI is InChI=1S/C25H20ClN7O3/c1-32-23-19(11-29-32)25(36)33(14-28-23)13-21(34)31-22(15-6-4-7-17(26)9-15)24(35)30-20-12-27-10-16-5-2-3-8-18(16)20/h2-12,14,22H,13H2,1H3,(H,30,35)(H,31,34). The van der Waals surface area contributed by atoms with Crippen LogP contribution in [0, 0.1) is 0 Å². The van der Waals surface area contributed by atoms with Crippen molar-refractivity contribution in [2.75, 3.05) is 5.32 Å². The second kappa shape index (κ2) is 9.59. The highest BCUT2D eigenvalue weighted by atomic mass is 35.5. The molecule has 2 amide bonds. The van der Waals surface area contributed by atoms with Gasteiger partial charge >= 0.3 is 0 Å². The van der Waals surface area contributed by atoms with Crippen LogP contribution >= 0.6 is 11.6 Å². The van der Waals surface area contributed by atoms with Gasteiger partial charge in [0, 0.05) is 29.0 Å². The van der Waals surface area contributed by atoms with E-state index in [1.807, 2.05) is 24.3 Å². The van der Waals surface area contributed by atoms with Gasteiger partial charge in [-0.1, -0.05) is 48.0 Å². The van der Waals surface area contributed by atoms with Gasteiger partial charge in [-0.2, -0.15) is 5.10 Å². The van der Waals surface area contributed by atoms with E-state index < -0.39 is 23.4 Å². The summed E-state index contributed by atoms with van der Waals surface area (Å²) in [6.45, 7) is -0.336. The highest BCUT2D eigenvalue weighted by Crippen LogP contribution is 2.24. The number of rotatable bonds is 6. The van der Waals surface area contributed by atoms with E-state index in [2.05, 4.69) is 25.7 Å². The predicted octanol–water partition coefficient (Wildman–Crippen LogP) is 2.83. The Kier molecular flexibility index (Phi) is 6.17. The fourth-order valence-corrected chi connectivity index (χ4v) is 4.15. The third kappa shape index (κ3) is 4.53. The molecular weight excluding hydrogens is 482 g/mol. The van der Waals surface area contributed by atoms with Crippen molar-refractivity contribution in [2.45, 2.75) is 12.6 Å². The molecule has 2 N–H and O–H groups in total. The van der Waals surface area contributed by atoms with E-state index in [4.69, 9.17) is 11.6 Å². The van der Waals surface area contributed by atoms with Crippen molar-refractivity contribution >= 4 is 50.9 Å². The number of nitrogens with zero attached hydrogens (tertiary/aromatic N) is 5. The van der Waals surface area contributed by atoms with Gasteiger partial charge in [-0.15, -0.1) is 0 Å². The predicted molar refractivity (Wildman–Crippen MR) is 135 cm³/mol. The van der Waals surface area contributed by atoms with Crippen LogP contribution in [0.5, 0.6) is 0 Å². The molecule has 0 fully saturated rings. The minimum Gasteiger partial charge on any atom is -0.339 e. The van der Waals surface area contributed by atoms with E-state index in [1.54, 1.807) is 43.7 Å². The van der Waals surface area contributed by atoms with Crippen LogP contribution < -0.4 is 16.2 Å². The van der Waals surface area contributed by atoms with Crippen LogP contribution in [0.4, 0.5) is 5.69 Å². The van der Waals surface area contributed by atoms with Crippen molar-refractivity contribution in [3.8, 4) is 0 Å². The third-order valence-corrected chi connectivity index (χ3v) is 5.94. The SMILES string of the molecule is Cn1ncc2c(=O)n(CC(=O)NC(C(=O)Nc3cncc4ccccc34)c3cccc(Cl)c3)cnc21. The summed E-state index contributed by atoms with van der Waals surface area (Å²) < 4.78 is 2.64. The van der Waals surface area contributed by atoms with Crippen molar-refractivity contribution in [2.24, 2.45) is 7.05 Å². The molecule has 3 aromatic heterocycles. The van der Waals surface area contributed by atoms with Gasteiger partial charge in [0.15, 0.2) is 5.65 Å². The molecule has 36 heavy (non-hydrogen) atoms. The summed E-state index contributed by atoms with van der Waals surface area (Å²) in [5, 5.41) is 12.0. The second-order valence-corrected chi connectivity index (χ2v) is 8.57. The molecule has 3 heterocycles. The summed E-state index contributed by atoms with van der Waals surface area (Å²) in [4.78, 5) is 47.6. The maximum absolute atomic E-state index is 13.4. The lowest BCUT2D eigenvalue weighted by Gasteiger charge is -2.20.